The van der Waals surface area contributed by atoms with Crippen LogP contribution in [0.15, 0.2) is 60.8 Å². The third kappa shape index (κ3) is 6.09. The molecule has 1 aliphatic heterocycles. The SMILES string of the molecule is C[C@@H]1CNCC[C@H]1NCc1cccc(-c2ccnc(NCCc3cccc(F)c3)n2)c1. The maximum Gasteiger partial charge on any atom is 0.223 e. The average Bonchev–Trinajstić information content (AvgIpc) is 2.79. The number of hydrogen-bond donors (Lipinski definition) is 3. The second kappa shape index (κ2) is 10.5. The zero-order chi connectivity index (χ0) is 21.5. The summed E-state index contributed by atoms with van der Waals surface area (Å²) in [4.78, 5) is 9.00. The van der Waals surface area contributed by atoms with E-state index in [1.807, 2.05) is 12.1 Å². The van der Waals surface area contributed by atoms with Crippen molar-refractivity contribution in [2.75, 3.05) is 25.0 Å². The molecule has 2 heterocycles. The predicted octanol–water partition coefficient (Wildman–Crippen LogP) is 4.02. The fourth-order valence-corrected chi connectivity index (χ4v) is 4.02. The number of piperidine rings is 1. The van der Waals surface area contributed by atoms with Gasteiger partial charge in [0, 0.05) is 30.9 Å². The number of nitrogens with one attached hydrogen (secondary N) is 3. The van der Waals surface area contributed by atoms with Gasteiger partial charge in [-0.15, -0.1) is 0 Å². The van der Waals surface area contributed by atoms with Crippen molar-refractivity contribution in [2.45, 2.75) is 32.4 Å². The van der Waals surface area contributed by atoms with Gasteiger partial charge >= 0.3 is 0 Å². The van der Waals surface area contributed by atoms with E-state index < -0.39 is 0 Å². The molecule has 0 saturated carbocycles. The van der Waals surface area contributed by atoms with E-state index in [4.69, 9.17) is 0 Å². The fourth-order valence-electron chi connectivity index (χ4n) is 4.02. The van der Waals surface area contributed by atoms with Crippen molar-refractivity contribution >= 4 is 5.95 Å². The van der Waals surface area contributed by atoms with E-state index in [2.05, 4.69) is 57.1 Å². The van der Waals surface area contributed by atoms with Crippen LogP contribution in [0.2, 0.25) is 0 Å². The molecule has 1 fully saturated rings. The zero-order valence-electron chi connectivity index (χ0n) is 17.9. The molecular formula is C25H30FN5. The molecular weight excluding hydrogens is 389 g/mol. The Morgan fingerprint density at radius 1 is 1.10 bits per heavy atom. The Balaban J connectivity index is 1.36. The Bertz CT molecular complexity index is 993. The summed E-state index contributed by atoms with van der Waals surface area (Å²) in [6.45, 7) is 5.95. The molecule has 4 rings (SSSR count). The third-order valence-corrected chi connectivity index (χ3v) is 5.82. The molecule has 0 spiro atoms. The summed E-state index contributed by atoms with van der Waals surface area (Å²) in [5.41, 5.74) is 4.17. The lowest BCUT2D eigenvalue weighted by Crippen LogP contribution is -2.45. The highest BCUT2D eigenvalue weighted by Gasteiger charge is 2.20. The molecule has 2 aromatic carbocycles. The summed E-state index contributed by atoms with van der Waals surface area (Å²) >= 11 is 0. The smallest absolute Gasteiger partial charge is 0.223 e. The number of nitrogens with zero attached hydrogens (tertiary/aromatic N) is 2. The lowest BCUT2D eigenvalue weighted by molar-refractivity contribution is 0.295. The van der Waals surface area contributed by atoms with Gasteiger partial charge in [-0.25, -0.2) is 14.4 Å². The van der Waals surface area contributed by atoms with Crippen molar-refractivity contribution in [2.24, 2.45) is 5.92 Å². The highest BCUT2D eigenvalue weighted by atomic mass is 19.1. The maximum absolute atomic E-state index is 13.3. The molecule has 1 saturated heterocycles. The van der Waals surface area contributed by atoms with Crippen molar-refractivity contribution < 1.29 is 4.39 Å². The molecule has 0 amide bonds. The number of halogens is 1. The van der Waals surface area contributed by atoms with E-state index in [-0.39, 0.29) is 5.82 Å². The van der Waals surface area contributed by atoms with E-state index in [1.165, 1.54) is 11.6 Å². The van der Waals surface area contributed by atoms with Crippen LogP contribution in [0, 0.1) is 11.7 Å². The van der Waals surface area contributed by atoms with Gasteiger partial charge in [0.2, 0.25) is 5.95 Å². The summed E-state index contributed by atoms with van der Waals surface area (Å²) < 4.78 is 13.3. The van der Waals surface area contributed by atoms with E-state index in [0.717, 1.165) is 42.9 Å². The van der Waals surface area contributed by atoms with E-state index in [0.29, 0.717) is 30.9 Å². The minimum Gasteiger partial charge on any atom is -0.354 e. The first-order chi connectivity index (χ1) is 15.2. The number of hydrogen-bond acceptors (Lipinski definition) is 5. The first kappa shape index (κ1) is 21.4. The summed E-state index contributed by atoms with van der Waals surface area (Å²) in [6.07, 6.45) is 3.65. The second-order valence-corrected chi connectivity index (χ2v) is 8.23. The van der Waals surface area contributed by atoms with Crippen LogP contribution in [0.4, 0.5) is 10.3 Å². The van der Waals surface area contributed by atoms with Gasteiger partial charge < -0.3 is 16.0 Å². The summed E-state index contributed by atoms with van der Waals surface area (Å²) in [5.74, 6) is 1.01. The van der Waals surface area contributed by atoms with Crippen LogP contribution in [0.25, 0.3) is 11.3 Å². The number of aromatic nitrogens is 2. The zero-order valence-corrected chi connectivity index (χ0v) is 17.9. The lowest BCUT2D eigenvalue weighted by Gasteiger charge is -2.30. The average molecular weight is 420 g/mol. The van der Waals surface area contributed by atoms with Crippen molar-refractivity contribution in [1.82, 2.24) is 20.6 Å². The number of benzene rings is 2. The quantitative estimate of drug-likeness (QED) is 0.515. The topological polar surface area (TPSA) is 61.9 Å². The highest BCUT2D eigenvalue weighted by Crippen LogP contribution is 2.20. The standard InChI is InChI=1S/C25H30FN5/c1-18-16-27-11-9-23(18)30-17-20-5-2-6-21(14-20)24-10-13-29-25(31-24)28-12-8-19-4-3-7-22(26)15-19/h2-7,10,13-15,18,23,27,30H,8-9,11-12,16-17H2,1H3,(H,28,29,31)/t18-,23-/m1/s1. The van der Waals surface area contributed by atoms with Gasteiger partial charge in [-0.05, 0) is 67.2 Å². The summed E-state index contributed by atoms with van der Waals surface area (Å²) in [6, 6.07) is 17.7. The highest BCUT2D eigenvalue weighted by molar-refractivity contribution is 5.60. The Morgan fingerprint density at radius 2 is 1.97 bits per heavy atom. The molecule has 0 aliphatic carbocycles. The van der Waals surface area contributed by atoms with E-state index in [9.17, 15) is 4.39 Å². The summed E-state index contributed by atoms with van der Waals surface area (Å²) in [7, 11) is 0. The van der Waals surface area contributed by atoms with Gasteiger partial charge in [0.1, 0.15) is 5.82 Å². The first-order valence-electron chi connectivity index (χ1n) is 11.0. The van der Waals surface area contributed by atoms with Gasteiger partial charge in [0.05, 0.1) is 5.69 Å². The summed E-state index contributed by atoms with van der Waals surface area (Å²) in [5, 5.41) is 10.4. The van der Waals surface area contributed by atoms with Crippen LogP contribution in [0.5, 0.6) is 0 Å². The van der Waals surface area contributed by atoms with Crippen molar-refractivity contribution in [3.05, 3.63) is 77.7 Å². The Morgan fingerprint density at radius 3 is 2.84 bits per heavy atom. The van der Waals surface area contributed by atoms with Crippen LogP contribution >= 0.6 is 0 Å². The molecule has 162 valence electrons. The molecule has 31 heavy (non-hydrogen) atoms. The van der Waals surface area contributed by atoms with Gasteiger partial charge in [0.15, 0.2) is 0 Å². The Kier molecular flexibility index (Phi) is 7.22. The van der Waals surface area contributed by atoms with Crippen LogP contribution in [0.1, 0.15) is 24.5 Å². The minimum absolute atomic E-state index is 0.209. The maximum atomic E-state index is 13.3. The van der Waals surface area contributed by atoms with Crippen LogP contribution in [-0.4, -0.2) is 35.6 Å². The second-order valence-electron chi connectivity index (χ2n) is 8.23. The molecule has 1 aliphatic rings. The van der Waals surface area contributed by atoms with Crippen molar-refractivity contribution in [1.29, 1.82) is 0 Å². The molecule has 0 radical (unpaired) electrons. The Labute approximate surface area is 183 Å². The van der Waals surface area contributed by atoms with Crippen LogP contribution in [-0.2, 0) is 13.0 Å². The normalized spacial score (nSPS) is 18.6. The van der Waals surface area contributed by atoms with Gasteiger partial charge in [-0.1, -0.05) is 37.3 Å². The molecule has 3 N–H and O–H groups in total. The van der Waals surface area contributed by atoms with Crippen LogP contribution in [0.3, 0.4) is 0 Å². The third-order valence-electron chi connectivity index (χ3n) is 5.82. The van der Waals surface area contributed by atoms with Crippen molar-refractivity contribution in [3.63, 3.8) is 0 Å². The molecule has 5 nitrogen and oxygen atoms in total. The number of anilines is 1. The Hall–Kier alpha value is -2.83. The minimum atomic E-state index is -0.209. The van der Waals surface area contributed by atoms with Crippen molar-refractivity contribution in [3.8, 4) is 11.3 Å². The molecule has 2 atom stereocenters. The molecule has 0 unspecified atom stereocenters. The largest absolute Gasteiger partial charge is 0.354 e. The molecule has 0 bridgehead atoms. The van der Waals surface area contributed by atoms with Crippen LogP contribution < -0.4 is 16.0 Å². The van der Waals surface area contributed by atoms with E-state index >= 15 is 0 Å². The van der Waals surface area contributed by atoms with Gasteiger partial charge in [0.25, 0.3) is 0 Å². The molecule has 6 heteroatoms. The van der Waals surface area contributed by atoms with Gasteiger partial charge in [-0.2, -0.15) is 0 Å². The fraction of sp³-hybridized carbons (Fsp3) is 0.360. The predicted molar refractivity (Wildman–Crippen MR) is 123 cm³/mol. The molecule has 3 aromatic rings. The number of rotatable bonds is 8. The first-order valence-corrected chi connectivity index (χ1v) is 11.0. The van der Waals surface area contributed by atoms with E-state index in [1.54, 1.807) is 18.3 Å². The lowest BCUT2D eigenvalue weighted by atomic mass is 9.95. The molecule has 1 aromatic heterocycles. The van der Waals surface area contributed by atoms with Gasteiger partial charge in [-0.3, -0.25) is 0 Å². The monoisotopic (exact) mass is 419 g/mol.